The Morgan fingerprint density at radius 3 is 2.62 bits per heavy atom. The molecule has 2 aliphatic heterocycles. The molecule has 3 heterocycles. The Hall–Kier alpha value is -3.28. The van der Waals surface area contributed by atoms with E-state index in [4.69, 9.17) is 4.74 Å². The number of aromatic amines is 1. The zero-order valence-electron chi connectivity index (χ0n) is 14.2. The number of carbonyl (C=O) groups excluding carboxylic acids is 2. The van der Waals surface area contributed by atoms with Crippen LogP contribution in [0.4, 0.5) is 4.79 Å². The number of para-hydroxylation sites is 1. The Balaban J connectivity index is 1.74. The number of fused-ring (bicyclic) bond motifs is 4. The first-order valence-corrected chi connectivity index (χ1v) is 8.54. The van der Waals surface area contributed by atoms with Gasteiger partial charge in [-0.1, -0.05) is 30.3 Å². The number of aromatic nitrogens is 1. The second-order valence-electron chi connectivity index (χ2n) is 6.66. The highest BCUT2D eigenvalue weighted by molar-refractivity contribution is 6.05. The largest absolute Gasteiger partial charge is 0.497 e. The minimum atomic E-state index is -0.485. The van der Waals surface area contributed by atoms with Gasteiger partial charge in [0, 0.05) is 23.0 Å². The number of hydrogen-bond acceptors (Lipinski definition) is 3. The van der Waals surface area contributed by atoms with E-state index in [0.29, 0.717) is 6.42 Å². The lowest BCUT2D eigenvalue weighted by molar-refractivity contribution is -0.121. The zero-order valence-corrected chi connectivity index (χ0v) is 14.2. The SMILES string of the molecule is COc1ccc(C2c3[nH]c4ccccc4c3CC3C(=O)NC(=O)N32)cc1. The van der Waals surface area contributed by atoms with E-state index in [9.17, 15) is 9.59 Å². The summed E-state index contributed by atoms with van der Waals surface area (Å²) in [6.45, 7) is 0. The minimum absolute atomic E-state index is 0.232. The second-order valence-corrected chi connectivity index (χ2v) is 6.66. The van der Waals surface area contributed by atoms with Gasteiger partial charge in [-0.15, -0.1) is 0 Å². The van der Waals surface area contributed by atoms with Crippen molar-refractivity contribution in [1.82, 2.24) is 15.2 Å². The lowest BCUT2D eigenvalue weighted by Crippen LogP contribution is -2.44. The van der Waals surface area contributed by atoms with Gasteiger partial charge in [0.2, 0.25) is 0 Å². The molecule has 0 saturated carbocycles. The molecule has 2 N–H and O–H groups in total. The van der Waals surface area contributed by atoms with E-state index in [2.05, 4.69) is 16.4 Å². The van der Waals surface area contributed by atoms with E-state index in [0.717, 1.165) is 33.5 Å². The summed E-state index contributed by atoms with van der Waals surface area (Å²) in [7, 11) is 1.62. The van der Waals surface area contributed by atoms with Gasteiger partial charge in [0.25, 0.3) is 5.91 Å². The average molecular weight is 347 g/mol. The fraction of sp³-hybridized carbons (Fsp3) is 0.200. The maximum Gasteiger partial charge on any atom is 0.325 e. The van der Waals surface area contributed by atoms with Gasteiger partial charge in [0.05, 0.1) is 7.11 Å². The molecule has 2 aliphatic rings. The Labute approximate surface area is 149 Å². The number of benzene rings is 2. The van der Waals surface area contributed by atoms with Gasteiger partial charge in [0.15, 0.2) is 0 Å². The van der Waals surface area contributed by atoms with Crippen LogP contribution < -0.4 is 10.1 Å². The number of nitrogens with one attached hydrogen (secondary N) is 2. The molecule has 0 aliphatic carbocycles. The third kappa shape index (κ3) is 1.98. The lowest BCUT2D eigenvalue weighted by Gasteiger charge is -2.36. The van der Waals surface area contributed by atoms with E-state index in [1.807, 2.05) is 42.5 Å². The van der Waals surface area contributed by atoms with Crippen LogP contribution in [0.25, 0.3) is 10.9 Å². The highest BCUT2D eigenvalue weighted by atomic mass is 16.5. The van der Waals surface area contributed by atoms with E-state index in [-0.39, 0.29) is 18.0 Å². The van der Waals surface area contributed by atoms with Gasteiger partial charge in [0.1, 0.15) is 17.8 Å². The van der Waals surface area contributed by atoms with E-state index < -0.39 is 6.04 Å². The molecule has 5 rings (SSSR count). The van der Waals surface area contributed by atoms with Crippen molar-refractivity contribution in [2.24, 2.45) is 0 Å². The molecule has 6 nitrogen and oxygen atoms in total. The van der Waals surface area contributed by atoms with Gasteiger partial charge in [-0.3, -0.25) is 15.0 Å². The first-order chi connectivity index (χ1) is 12.7. The molecule has 1 fully saturated rings. The van der Waals surface area contributed by atoms with E-state index in [1.54, 1.807) is 12.0 Å². The van der Waals surface area contributed by atoms with Crippen LogP contribution in [0.3, 0.4) is 0 Å². The molecular weight excluding hydrogens is 330 g/mol. The van der Waals surface area contributed by atoms with Crippen molar-refractivity contribution < 1.29 is 14.3 Å². The number of amides is 3. The minimum Gasteiger partial charge on any atom is -0.497 e. The van der Waals surface area contributed by atoms with Crippen LogP contribution in [-0.2, 0) is 11.2 Å². The summed E-state index contributed by atoms with van der Waals surface area (Å²) in [5.74, 6) is 0.518. The van der Waals surface area contributed by atoms with Gasteiger partial charge >= 0.3 is 6.03 Å². The monoisotopic (exact) mass is 347 g/mol. The fourth-order valence-electron chi connectivity index (χ4n) is 4.13. The smallest absolute Gasteiger partial charge is 0.325 e. The molecule has 0 bridgehead atoms. The highest BCUT2D eigenvalue weighted by Gasteiger charge is 2.48. The number of H-pyrrole nitrogens is 1. The van der Waals surface area contributed by atoms with Crippen molar-refractivity contribution >= 4 is 22.8 Å². The Morgan fingerprint density at radius 1 is 1.08 bits per heavy atom. The van der Waals surface area contributed by atoms with Gasteiger partial charge in [-0.2, -0.15) is 0 Å². The van der Waals surface area contributed by atoms with Crippen LogP contribution >= 0.6 is 0 Å². The summed E-state index contributed by atoms with van der Waals surface area (Å²) in [6, 6.07) is 14.5. The first kappa shape index (κ1) is 15.0. The lowest BCUT2D eigenvalue weighted by atomic mass is 9.89. The molecule has 1 saturated heterocycles. The summed E-state index contributed by atoms with van der Waals surface area (Å²) in [6.07, 6.45) is 0.517. The van der Waals surface area contributed by atoms with Crippen LogP contribution in [0.2, 0.25) is 0 Å². The van der Waals surface area contributed by atoms with Gasteiger partial charge in [-0.25, -0.2) is 4.79 Å². The maximum absolute atomic E-state index is 12.5. The van der Waals surface area contributed by atoms with Crippen molar-refractivity contribution in [2.45, 2.75) is 18.5 Å². The molecular formula is C20H17N3O3. The molecule has 3 amide bonds. The Morgan fingerprint density at radius 2 is 1.85 bits per heavy atom. The zero-order chi connectivity index (χ0) is 17.8. The van der Waals surface area contributed by atoms with E-state index >= 15 is 0 Å². The van der Waals surface area contributed by atoms with Crippen LogP contribution in [-0.4, -0.2) is 35.0 Å². The van der Waals surface area contributed by atoms with Crippen molar-refractivity contribution in [3.63, 3.8) is 0 Å². The average Bonchev–Trinajstić information content (AvgIpc) is 3.18. The topological polar surface area (TPSA) is 74.4 Å². The number of rotatable bonds is 2. The predicted molar refractivity (Wildman–Crippen MR) is 96.0 cm³/mol. The molecule has 1 aromatic heterocycles. The highest BCUT2D eigenvalue weighted by Crippen LogP contribution is 2.42. The summed E-state index contributed by atoms with van der Waals surface area (Å²) < 4.78 is 5.24. The third-order valence-electron chi connectivity index (χ3n) is 5.33. The van der Waals surface area contributed by atoms with Crippen molar-refractivity contribution in [1.29, 1.82) is 0 Å². The Bertz CT molecular complexity index is 1040. The number of carbonyl (C=O) groups is 2. The standard InChI is InChI=1S/C20H17N3O3/c1-26-12-8-6-11(7-9-12)18-17-14(13-4-2-3-5-15(13)21-17)10-16-19(24)22-20(25)23(16)18/h2-9,16,18,21H,10H2,1H3,(H,22,24,25). The van der Waals surface area contributed by atoms with Crippen LogP contribution in [0, 0.1) is 0 Å². The normalized spacial score (nSPS) is 21.5. The van der Waals surface area contributed by atoms with Crippen molar-refractivity contribution in [2.75, 3.05) is 7.11 Å². The third-order valence-corrected chi connectivity index (χ3v) is 5.33. The van der Waals surface area contributed by atoms with Gasteiger partial charge < -0.3 is 9.72 Å². The van der Waals surface area contributed by atoms with Crippen LogP contribution in [0.1, 0.15) is 22.9 Å². The summed E-state index contributed by atoms with van der Waals surface area (Å²) in [4.78, 5) is 30.0. The molecule has 6 heteroatoms. The molecule has 2 aromatic carbocycles. The number of urea groups is 1. The Kier molecular flexibility index (Phi) is 3.09. The predicted octanol–water partition coefficient (Wildman–Crippen LogP) is 2.74. The summed E-state index contributed by atoms with van der Waals surface area (Å²) in [5, 5.41) is 3.57. The number of nitrogens with zero attached hydrogens (tertiary/aromatic N) is 1. The summed E-state index contributed by atoms with van der Waals surface area (Å²) in [5.41, 5.74) is 4.03. The van der Waals surface area contributed by atoms with Crippen molar-refractivity contribution in [3.05, 3.63) is 65.4 Å². The fourth-order valence-corrected chi connectivity index (χ4v) is 4.13. The molecule has 2 atom stereocenters. The number of methoxy groups -OCH3 is 1. The van der Waals surface area contributed by atoms with Gasteiger partial charge in [-0.05, 0) is 29.3 Å². The maximum atomic E-state index is 12.5. The van der Waals surface area contributed by atoms with Crippen molar-refractivity contribution in [3.8, 4) is 5.75 Å². The molecule has 0 radical (unpaired) electrons. The second kappa shape index (κ2) is 5.36. The number of imide groups is 1. The molecule has 26 heavy (non-hydrogen) atoms. The summed E-state index contributed by atoms with van der Waals surface area (Å²) >= 11 is 0. The van der Waals surface area contributed by atoms with Crippen LogP contribution in [0.15, 0.2) is 48.5 Å². The van der Waals surface area contributed by atoms with Crippen LogP contribution in [0.5, 0.6) is 5.75 Å². The molecule has 0 spiro atoms. The molecule has 2 unspecified atom stereocenters. The molecule has 3 aromatic rings. The number of hydrogen-bond donors (Lipinski definition) is 2. The molecule has 130 valence electrons. The first-order valence-electron chi connectivity index (χ1n) is 8.54. The van der Waals surface area contributed by atoms with E-state index in [1.165, 1.54) is 0 Å². The quantitative estimate of drug-likeness (QED) is 0.700. The number of ether oxygens (including phenoxy) is 1.